The van der Waals surface area contributed by atoms with Crippen molar-refractivity contribution in [2.45, 2.75) is 163 Å². The number of nitrogens with zero attached hydrogens (tertiary/aromatic N) is 1. The first-order chi connectivity index (χ1) is 15.6. The molecule has 32 heavy (non-hydrogen) atoms. The summed E-state index contributed by atoms with van der Waals surface area (Å²) >= 11 is 0. The van der Waals surface area contributed by atoms with Crippen LogP contribution in [0.2, 0.25) is 0 Å². The van der Waals surface area contributed by atoms with Crippen LogP contribution in [-0.2, 0) is 4.79 Å². The van der Waals surface area contributed by atoms with Gasteiger partial charge in [-0.15, -0.1) is 0 Å². The summed E-state index contributed by atoms with van der Waals surface area (Å²) in [7, 11) is 0. The molecule has 0 saturated heterocycles. The topological polar surface area (TPSA) is 20.3 Å². The zero-order chi connectivity index (χ0) is 23.9. The summed E-state index contributed by atoms with van der Waals surface area (Å²) in [5.74, 6) is 1.80. The molecule has 2 heteroatoms. The van der Waals surface area contributed by atoms with Crippen LogP contribution in [-0.4, -0.2) is 23.9 Å². The molecule has 0 aromatic heterocycles. The maximum Gasteiger partial charge on any atom is 0.222 e. The highest BCUT2D eigenvalue weighted by Gasteiger charge is 2.21. The molecule has 2 nitrogen and oxygen atoms in total. The Bertz CT molecular complexity index is 376. The fourth-order valence-corrected chi connectivity index (χ4v) is 4.83. The second-order valence-corrected chi connectivity index (χ2v) is 10.4. The van der Waals surface area contributed by atoms with E-state index in [9.17, 15) is 4.79 Å². The molecule has 0 aromatic rings. The van der Waals surface area contributed by atoms with Gasteiger partial charge in [-0.3, -0.25) is 4.79 Å². The van der Waals surface area contributed by atoms with E-state index in [0.717, 1.165) is 25.9 Å². The first kappa shape index (κ1) is 31.5. The zero-order valence-electron chi connectivity index (χ0n) is 23.1. The molecule has 0 aromatic carbocycles. The van der Waals surface area contributed by atoms with Crippen LogP contribution in [0.3, 0.4) is 0 Å². The number of carbonyl (C=O) groups excluding carboxylic acids is 1. The summed E-state index contributed by atoms with van der Waals surface area (Å²) in [6.45, 7) is 13.4. The fraction of sp³-hybridized carbons (Fsp3) is 0.967. The Kier molecular flexibility index (Phi) is 23.2. The van der Waals surface area contributed by atoms with Gasteiger partial charge in [0.15, 0.2) is 0 Å². The van der Waals surface area contributed by atoms with Crippen molar-refractivity contribution >= 4 is 5.91 Å². The van der Waals surface area contributed by atoms with Gasteiger partial charge in [0.05, 0.1) is 0 Å². The highest BCUT2D eigenvalue weighted by atomic mass is 16.2. The summed E-state index contributed by atoms with van der Waals surface area (Å²) < 4.78 is 0. The molecule has 0 aliphatic carbocycles. The van der Waals surface area contributed by atoms with Crippen molar-refractivity contribution in [1.29, 1.82) is 0 Å². The molecule has 2 atom stereocenters. The Morgan fingerprint density at radius 2 is 0.906 bits per heavy atom. The van der Waals surface area contributed by atoms with Crippen molar-refractivity contribution in [1.82, 2.24) is 4.90 Å². The van der Waals surface area contributed by atoms with Crippen LogP contribution in [0.15, 0.2) is 0 Å². The van der Waals surface area contributed by atoms with Gasteiger partial charge < -0.3 is 4.90 Å². The van der Waals surface area contributed by atoms with Gasteiger partial charge in [-0.05, 0) is 31.1 Å². The molecule has 0 heterocycles. The van der Waals surface area contributed by atoms with E-state index in [0.29, 0.717) is 17.7 Å². The van der Waals surface area contributed by atoms with E-state index >= 15 is 0 Å². The van der Waals surface area contributed by atoms with Crippen LogP contribution in [0.5, 0.6) is 0 Å². The minimum Gasteiger partial charge on any atom is -0.342 e. The monoisotopic (exact) mass is 451 g/mol. The smallest absolute Gasteiger partial charge is 0.222 e. The standard InChI is InChI=1S/C30H61NO/c1-6-11-14-15-16-17-18-19-20-21-22-25-30(32)31(26-28(9-4)23-12-7-2)27-29(10-5)24-13-8-3/h28-29H,6-27H2,1-5H3. The first-order valence-corrected chi connectivity index (χ1v) is 14.9. The van der Waals surface area contributed by atoms with Crippen molar-refractivity contribution in [3.05, 3.63) is 0 Å². The fourth-order valence-electron chi connectivity index (χ4n) is 4.83. The summed E-state index contributed by atoms with van der Waals surface area (Å²) in [5, 5.41) is 0. The van der Waals surface area contributed by atoms with E-state index in [1.165, 1.54) is 116 Å². The van der Waals surface area contributed by atoms with E-state index in [1.54, 1.807) is 0 Å². The van der Waals surface area contributed by atoms with E-state index in [-0.39, 0.29) is 0 Å². The van der Waals surface area contributed by atoms with Gasteiger partial charge in [-0.2, -0.15) is 0 Å². The van der Waals surface area contributed by atoms with Gasteiger partial charge in [0.1, 0.15) is 0 Å². The van der Waals surface area contributed by atoms with Gasteiger partial charge in [0.2, 0.25) is 5.91 Å². The number of rotatable bonds is 24. The Morgan fingerprint density at radius 3 is 1.28 bits per heavy atom. The lowest BCUT2D eigenvalue weighted by molar-refractivity contribution is -0.132. The third kappa shape index (κ3) is 18.0. The first-order valence-electron chi connectivity index (χ1n) is 14.9. The molecule has 0 spiro atoms. The third-order valence-corrected chi connectivity index (χ3v) is 7.39. The molecule has 2 unspecified atom stereocenters. The van der Waals surface area contributed by atoms with E-state index < -0.39 is 0 Å². The minimum atomic E-state index is 0.436. The highest BCUT2D eigenvalue weighted by molar-refractivity contribution is 5.76. The van der Waals surface area contributed by atoms with Crippen LogP contribution in [0.1, 0.15) is 163 Å². The molecule has 0 aliphatic heterocycles. The number of hydrogen-bond donors (Lipinski definition) is 0. The number of amides is 1. The van der Waals surface area contributed by atoms with Crippen molar-refractivity contribution in [3.63, 3.8) is 0 Å². The lowest BCUT2D eigenvalue weighted by atomic mass is 9.95. The summed E-state index contributed by atoms with van der Waals surface area (Å²) in [6, 6.07) is 0. The van der Waals surface area contributed by atoms with E-state index in [1.807, 2.05) is 0 Å². The van der Waals surface area contributed by atoms with Crippen molar-refractivity contribution in [3.8, 4) is 0 Å². The van der Waals surface area contributed by atoms with Crippen molar-refractivity contribution in [2.75, 3.05) is 13.1 Å². The summed E-state index contributed by atoms with van der Waals surface area (Å²) in [6.07, 6.45) is 25.6. The van der Waals surface area contributed by atoms with Gasteiger partial charge in [0, 0.05) is 19.5 Å². The summed E-state index contributed by atoms with van der Waals surface area (Å²) in [4.78, 5) is 15.5. The van der Waals surface area contributed by atoms with Gasteiger partial charge in [-0.25, -0.2) is 0 Å². The van der Waals surface area contributed by atoms with Crippen LogP contribution >= 0.6 is 0 Å². The maximum atomic E-state index is 13.2. The summed E-state index contributed by atoms with van der Waals surface area (Å²) in [5.41, 5.74) is 0. The van der Waals surface area contributed by atoms with Gasteiger partial charge in [0.25, 0.3) is 0 Å². The molecular formula is C30H61NO. The quantitative estimate of drug-likeness (QED) is 0.134. The molecule has 0 bridgehead atoms. The van der Waals surface area contributed by atoms with Crippen LogP contribution < -0.4 is 0 Å². The Morgan fingerprint density at radius 1 is 0.531 bits per heavy atom. The molecule has 0 N–H and O–H groups in total. The molecule has 0 saturated carbocycles. The van der Waals surface area contributed by atoms with Crippen molar-refractivity contribution < 1.29 is 4.79 Å². The molecule has 1 amide bonds. The van der Waals surface area contributed by atoms with E-state index in [2.05, 4.69) is 39.5 Å². The predicted molar refractivity (Wildman–Crippen MR) is 144 cm³/mol. The molecule has 0 fully saturated rings. The minimum absolute atomic E-state index is 0.436. The largest absolute Gasteiger partial charge is 0.342 e. The van der Waals surface area contributed by atoms with Crippen LogP contribution in [0.4, 0.5) is 0 Å². The predicted octanol–water partition coefficient (Wildman–Crippen LogP) is 9.95. The number of hydrogen-bond acceptors (Lipinski definition) is 1. The SMILES string of the molecule is CCCCCCCCCCCCCC(=O)N(CC(CC)CCCC)CC(CC)CCCC. The average Bonchev–Trinajstić information content (AvgIpc) is 2.81. The molecule has 192 valence electrons. The lowest BCUT2D eigenvalue weighted by Crippen LogP contribution is -2.38. The number of carbonyl (C=O) groups is 1. The average molecular weight is 452 g/mol. The second-order valence-electron chi connectivity index (χ2n) is 10.4. The Hall–Kier alpha value is -0.530. The Labute approximate surface area is 203 Å². The van der Waals surface area contributed by atoms with E-state index in [4.69, 9.17) is 0 Å². The van der Waals surface area contributed by atoms with Crippen LogP contribution in [0.25, 0.3) is 0 Å². The Balaban J connectivity index is 4.34. The normalized spacial score (nSPS) is 13.3. The maximum absolute atomic E-state index is 13.2. The van der Waals surface area contributed by atoms with Crippen molar-refractivity contribution in [2.24, 2.45) is 11.8 Å². The number of unbranched alkanes of at least 4 members (excludes halogenated alkanes) is 12. The molecule has 0 aliphatic rings. The highest BCUT2D eigenvalue weighted by Crippen LogP contribution is 2.20. The lowest BCUT2D eigenvalue weighted by Gasteiger charge is -2.31. The molecule has 0 radical (unpaired) electrons. The van der Waals surface area contributed by atoms with Gasteiger partial charge >= 0.3 is 0 Å². The zero-order valence-corrected chi connectivity index (χ0v) is 23.1. The van der Waals surface area contributed by atoms with Gasteiger partial charge in [-0.1, -0.05) is 137 Å². The van der Waals surface area contributed by atoms with Crippen LogP contribution in [0, 0.1) is 11.8 Å². The molecule has 0 rings (SSSR count). The second kappa shape index (κ2) is 23.6. The third-order valence-electron chi connectivity index (χ3n) is 7.39. The molecular weight excluding hydrogens is 390 g/mol.